The molecule has 0 saturated heterocycles. The summed E-state index contributed by atoms with van der Waals surface area (Å²) in [5.41, 5.74) is -0.880. The molecule has 0 spiro atoms. The number of aliphatic carboxylic acids is 1. The van der Waals surface area contributed by atoms with E-state index in [-0.39, 0.29) is 12.1 Å². The van der Waals surface area contributed by atoms with Crippen molar-refractivity contribution in [2.24, 2.45) is 11.3 Å². The van der Waals surface area contributed by atoms with Crippen LogP contribution in [-0.2, 0) is 14.3 Å². The van der Waals surface area contributed by atoms with Crippen molar-refractivity contribution >= 4 is 11.9 Å². The number of carboxylic acids is 1. The quantitative estimate of drug-likeness (QED) is 0.0618. The summed E-state index contributed by atoms with van der Waals surface area (Å²) in [7, 11) is 0. The number of hydrogen-bond donors (Lipinski definition) is 1. The van der Waals surface area contributed by atoms with Crippen LogP contribution in [-0.4, -0.2) is 23.1 Å². The van der Waals surface area contributed by atoms with Gasteiger partial charge in [-0.15, -0.1) is 0 Å². The fourth-order valence-electron chi connectivity index (χ4n) is 7.30. The van der Waals surface area contributed by atoms with Gasteiger partial charge in [0.05, 0.1) is 11.3 Å². The molecule has 1 fully saturated rings. The number of rotatable bonds is 31. The smallest absolute Gasteiger partial charge is 0.312 e. The largest absolute Gasteiger partial charge is 0.481 e. The molecule has 0 radical (unpaired) electrons. The molecule has 1 aliphatic carbocycles. The Labute approximate surface area is 274 Å². The first kappa shape index (κ1) is 41.0. The molecular weight excluding hydrogens is 544 g/mol. The van der Waals surface area contributed by atoms with Crippen LogP contribution in [0.25, 0.3) is 0 Å². The molecular formula is C40H76O4. The maximum Gasteiger partial charge on any atom is 0.312 e. The van der Waals surface area contributed by atoms with Crippen molar-refractivity contribution in [3.63, 3.8) is 0 Å². The fraction of sp³-hybridized carbons (Fsp3) is 0.950. The average Bonchev–Trinajstić information content (AvgIpc) is 3.01. The maximum atomic E-state index is 13.4. The summed E-state index contributed by atoms with van der Waals surface area (Å²) < 4.78 is 6.18. The monoisotopic (exact) mass is 621 g/mol. The summed E-state index contributed by atoms with van der Waals surface area (Å²) in [6, 6.07) is 0. The van der Waals surface area contributed by atoms with Crippen LogP contribution < -0.4 is 0 Å². The second kappa shape index (κ2) is 28.2. The van der Waals surface area contributed by atoms with Crippen LogP contribution in [0.2, 0.25) is 0 Å². The summed E-state index contributed by atoms with van der Waals surface area (Å²) in [6.07, 6.45) is 39.5. The van der Waals surface area contributed by atoms with Crippen LogP contribution in [0.1, 0.15) is 226 Å². The van der Waals surface area contributed by atoms with E-state index in [0.29, 0.717) is 12.8 Å². The summed E-state index contributed by atoms with van der Waals surface area (Å²) in [6.45, 7) is 6.40. The van der Waals surface area contributed by atoms with Crippen LogP contribution in [0, 0.1) is 11.3 Å². The maximum absolute atomic E-state index is 13.4. The fourth-order valence-corrected chi connectivity index (χ4v) is 7.30. The zero-order chi connectivity index (χ0) is 32.1. The van der Waals surface area contributed by atoms with Crippen LogP contribution in [0.3, 0.4) is 0 Å². The minimum atomic E-state index is -0.880. The molecule has 4 heteroatoms. The number of esters is 1. The van der Waals surface area contributed by atoms with Gasteiger partial charge in [-0.3, -0.25) is 9.59 Å². The number of carboxylic acid groups (broad SMARTS) is 1. The molecule has 3 unspecified atom stereocenters. The van der Waals surface area contributed by atoms with E-state index in [9.17, 15) is 14.7 Å². The van der Waals surface area contributed by atoms with Gasteiger partial charge in [0.25, 0.3) is 0 Å². The number of hydrogen-bond acceptors (Lipinski definition) is 3. The van der Waals surface area contributed by atoms with Crippen molar-refractivity contribution in [3.8, 4) is 0 Å². The average molecular weight is 621 g/mol. The van der Waals surface area contributed by atoms with Gasteiger partial charge in [-0.1, -0.05) is 181 Å². The zero-order valence-corrected chi connectivity index (χ0v) is 30.0. The molecule has 0 aromatic carbocycles. The van der Waals surface area contributed by atoms with Crippen molar-refractivity contribution in [3.05, 3.63) is 0 Å². The van der Waals surface area contributed by atoms with Crippen LogP contribution in [0.4, 0.5) is 0 Å². The van der Waals surface area contributed by atoms with Gasteiger partial charge in [0, 0.05) is 0 Å². The van der Waals surface area contributed by atoms with Crippen molar-refractivity contribution in [2.75, 3.05) is 0 Å². The second-order valence-corrected chi connectivity index (χ2v) is 14.6. The lowest BCUT2D eigenvalue weighted by Gasteiger charge is -2.37. The molecule has 0 bridgehead atoms. The van der Waals surface area contributed by atoms with Crippen LogP contribution >= 0.6 is 0 Å². The molecule has 1 saturated carbocycles. The molecule has 0 aliphatic heterocycles. The summed E-state index contributed by atoms with van der Waals surface area (Å²) >= 11 is 0. The second-order valence-electron chi connectivity index (χ2n) is 14.6. The summed E-state index contributed by atoms with van der Waals surface area (Å²) in [4.78, 5) is 25.4. The Balaban J connectivity index is 2.31. The highest BCUT2D eigenvalue weighted by molar-refractivity contribution is 5.84. The van der Waals surface area contributed by atoms with Gasteiger partial charge in [-0.25, -0.2) is 0 Å². The third-order valence-corrected chi connectivity index (χ3v) is 10.5. The van der Waals surface area contributed by atoms with E-state index in [1.807, 2.05) is 6.92 Å². The van der Waals surface area contributed by atoms with Crippen LogP contribution in [0.5, 0.6) is 0 Å². The van der Waals surface area contributed by atoms with Crippen molar-refractivity contribution in [1.82, 2.24) is 0 Å². The number of carbonyl (C=O) groups excluding carboxylic acids is 1. The molecule has 1 aliphatic rings. The molecule has 260 valence electrons. The minimum Gasteiger partial charge on any atom is -0.481 e. The number of carbonyl (C=O) groups is 2. The molecule has 44 heavy (non-hydrogen) atoms. The Bertz CT molecular complexity index is 676. The normalized spacial score (nSPS) is 19.2. The van der Waals surface area contributed by atoms with E-state index in [0.717, 1.165) is 38.5 Å². The highest BCUT2D eigenvalue weighted by atomic mass is 16.5. The first-order valence-corrected chi connectivity index (χ1v) is 19.9. The van der Waals surface area contributed by atoms with Gasteiger partial charge in [0.15, 0.2) is 0 Å². The standard InChI is InChI=1S/C40H76O4/c1-4-6-8-10-12-14-16-17-18-19-21-23-25-27-29-33-36(32-28-26-24-22-20-15-13-11-9-7-5-2)44-39(43)40(3)35-31-30-34-37(40)38(41)42/h36-37H,4-35H2,1-3H3,(H,41,42). The molecule has 0 heterocycles. The SMILES string of the molecule is CCCCCCCCCCCCCCCCCC(CCCCCCCCCCCCC)OC(=O)C1(C)CCCCC1C(=O)O. The zero-order valence-electron chi connectivity index (χ0n) is 30.0. The minimum absolute atomic E-state index is 0.0590. The number of unbranched alkanes of at least 4 members (excludes halogenated alkanes) is 24. The Morgan fingerprint density at radius 3 is 1.27 bits per heavy atom. The van der Waals surface area contributed by atoms with E-state index in [4.69, 9.17) is 4.74 Å². The van der Waals surface area contributed by atoms with Crippen molar-refractivity contribution in [1.29, 1.82) is 0 Å². The molecule has 0 amide bonds. The molecule has 0 aromatic rings. The van der Waals surface area contributed by atoms with Gasteiger partial charge >= 0.3 is 11.9 Å². The highest BCUT2D eigenvalue weighted by Crippen LogP contribution is 2.43. The lowest BCUT2D eigenvalue weighted by molar-refractivity contribution is -0.174. The topological polar surface area (TPSA) is 63.6 Å². The summed E-state index contributed by atoms with van der Waals surface area (Å²) in [5, 5.41) is 9.82. The highest BCUT2D eigenvalue weighted by Gasteiger charge is 2.48. The van der Waals surface area contributed by atoms with Crippen molar-refractivity contribution < 1.29 is 19.4 Å². The Morgan fingerprint density at radius 1 is 0.591 bits per heavy atom. The van der Waals surface area contributed by atoms with Crippen molar-refractivity contribution in [2.45, 2.75) is 232 Å². The van der Waals surface area contributed by atoms with Gasteiger partial charge in [-0.2, -0.15) is 0 Å². The van der Waals surface area contributed by atoms with Gasteiger partial charge in [-0.05, 0) is 45.4 Å². The molecule has 3 atom stereocenters. The predicted octanol–water partition coefficient (Wildman–Crippen LogP) is 13.1. The first-order chi connectivity index (χ1) is 21.5. The Kier molecular flexibility index (Phi) is 26.2. The van der Waals surface area contributed by atoms with E-state index < -0.39 is 17.3 Å². The third kappa shape index (κ3) is 20.1. The molecule has 1 rings (SSSR count). The lowest BCUT2D eigenvalue weighted by atomic mass is 9.67. The van der Waals surface area contributed by atoms with Gasteiger partial charge in [0.1, 0.15) is 6.10 Å². The molecule has 1 N–H and O–H groups in total. The van der Waals surface area contributed by atoms with E-state index in [1.54, 1.807) is 0 Å². The molecule has 4 nitrogen and oxygen atoms in total. The van der Waals surface area contributed by atoms with Crippen LogP contribution in [0.15, 0.2) is 0 Å². The Hall–Kier alpha value is -1.06. The number of ether oxygens (including phenoxy) is 1. The van der Waals surface area contributed by atoms with E-state index in [2.05, 4.69) is 13.8 Å². The predicted molar refractivity (Wildman–Crippen MR) is 188 cm³/mol. The molecule has 0 aromatic heterocycles. The van der Waals surface area contributed by atoms with E-state index >= 15 is 0 Å². The van der Waals surface area contributed by atoms with E-state index in [1.165, 1.54) is 154 Å². The summed E-state index contributed by atoms with van der Waals surface area (Å²) in [5.74, 6) is -1.70. The first-order valence-electron chi connectivity index (χ1n) is 19.9. The lowest BCUT2D eigenvalue weighted by Crippen LogP contribution is -2.44. The van der Waals surface area contributed by atoms with Gasteiger partial charge < -0.3 is 9.84 Å². The third-order valence-electron chi connectivity index (χ3n) is 10.5. The Morgan fingerprint density at radius 2 is 0.932 bits per heavy atom. The van der Waals surface area contributed by atoms with Gasteiger partial charge in [0.2, 0.25) is 0 Å².